The minimum atomic E-state index is -1.87. The molecule has 0 bridgehead atoms. The number of nitrogens with zero attached hydrogens (tertiary/aromatic N) is 4. The van der Waals surface area contributed by atoms with Crippen LogP contribution in [0.1, 0.15) is 98.0 Å². The number of ether oxygens (including phenoxy) is 5. The molecule has 23 heteroatoms. The number of esters is 1. The van der Waals surface area contributed by atoms with Crippen LogP contribution in [0.3, 0.4) is 0 Å². The number of hydroxylamine groups is 2. The van der Waals surface area contributed by atoms with Crippen LogP contribution in [0.25, 0.3) is 0 Å². The maximum absolute atomic E-state index is 13.4. The van der Waals surface area contributed by atoms with E-state index in [1.165, 1.54) is 47.7 Å². The summed E-state index contributed by atoms with van der Waals surface area (Å²) in [6.45, 7) is 8.97. The molecule has 5 fully saturated rings. The number of carbonyl (C=O) groups excluding carboxylic acids is 9. The van der Waals surface area contributed by atoms with Crippen molar-refractivity contribution in [3.8, 4) is 5.75 Å². The number of likely N-dealkylation sites (N-methyl/N-ethyl adjacent to an activating group) is 1. The minimum absolute atomic E-state index is 0.000512. The number of nitrogens with one attached hydrogen (secondary N) is 1. The Labute approximate surface area is 446 Å². The number of amides is 7. The maximum Gasteiger partial charge on any atom is 0.409 e. The number of cyclic esters (lactones) is 1. The molecule has 4 heterocycles. The van der Waals surface area contributed by atoms with Crippen LogP contribution in [0, 0.1) is 23.7 Å². The lowest BCUT2D eigenvalue weighted by atomic mass is 9.82. The van der Waals surface area contributed by atoms with Gasteiger partial charge in [0, 0.05) is 77.3 Å². The van der Waals surface area contributed by atoms with Gasteiger partial charge in [-0.25, -0.2) is 14.4 Å². The van der Waals surface area contributed by atoms with E-state index in [0.29, 0.717) is 71.5 Å². The number of alkyl carbamates (subject to hydrolysis) is 1. The number of hydrogen-bond acceptors (Lipinski definition) is 17. The summed E-state index contributed by atoms with van der Waals surface area (Å²) in [6, 6.07) is 2.64. The third-order valence-corrected chi connectivity index (χ3v) is 16.6. The molecule has 75 heavy (non-hydrogen) atoms. The van der Waals surface area contributed by atoms with Gasteiger partial charge in [-0.05, 0) is 83.4 Å². The van der Waals surface area contributed by atoms with Gasteiger partial charge in [0.05, 0.1) is 30.7 Å². The first-order valence-electron chi connectivity index (χ1n) is 25.2. The number of thioether (sulfide) groups is 1. The molecule has 7 amide bonds. The highest BCUT2D eigenvalue weighted by molar-refractivity contribution is 7.99. The Hall–Kier alpha value is -5.55. The predicted molar refractivity (Wildman–Crippen MR) is 272 cm³/mol. The lowest BCUT2D eigenvalue weighted by Gasteiger charge is -2.42. The smallest absolute Gasteiger partial charge is 0.409 e. The van der Waals surface area contributed by atoms with Gasteiger partial charge in [-0.2, -0.15) is 11.8 Å². The van der Waals surface area contributed by atoms with E-state index >= 15 is 0 Å². The van der Waals surface area contributed by atoms with Crippen LogP contribution in [-0.2, 0) is 68.6 Å². The quantitative estimate of drug-likeness (QED) is 0.0356. The van der Waals surface area contributed by atoms with Crippen molar-refractivity contribution in [3.63, 3.8) is 0 Å². The number of imide groups is 2. The number of allylic oxidation sites excluding steroid dienone is 3. The molecule has 9 atom stereocenters. The first kappa shape index (κ1) is 58.7. The standard InChI is InChI=1S/C52H70ClN5O16S/c1-29(21-34-22-37(55(6)28-59)45(53)38(23-34)69-8)11-10-12-40(70-9)52(68)25-39(72-50(67)54-52)30(2)46-51(5,73-46)32(4)71-48(65)31(3)56(7)41(60)19-20-75-27-36-24-44(63)57(47(36)64)26-33-13-15-35(16-14-33)49(66)74-58-42(61)17-18-43(58)62/h10-12,22-23,28,30-33,35-36,39-40,46,68H,13-21,24-27H2,1-9H3,(H,54,67)/b12-10+,29-11+. The van der Waals surface area contributed by atoms with E-state index in [0.717, 1.165) is 11.1 Å². The number of aliphatic hydroxyl groups is 1. The monoisotopic (exact) mass is 1090 g/mol. The molecule has 21 nitrogen and oxygen atoms in total. The molecule has 0 spiro atoms. The van der Waals surface area contributed by atoms with Crippen molar-refractivity contribution >= 4 is 83.0 Å². The molecule has 4 saturated heterocycles. The summed E-state index contributed by atoms with van der Waals surface area (Å²) >= 11 is 7.80. The van der Waals surface area contributed by atoms with Crippen molar-refractivity contribution in [1.29, 1.82) is 0 Å². The summed E-state index contributed by atoms with van der Waals surface area (Å²) in [4.78, 5) is 123. The van der Waals surface area contributed by atoms with Crippen LogP contribution in [0.4, 0.5) is 10.5 Å². The Bertz CT molecular complexity index is 2420. The normalized spacial score (nSPS) is 27.6. The molecule has 0 radical (unpaired) electrons. The molecule has 4 aliphatic heterocycles. The number of likely N-dealkylation sites (tertiary alicyclic amines) is 1. The van der Waals surface area contributed by atoms with Crippen molar-refractivity contribution in [1.82, 2.24) is 20.2 Å². The van der Waals surface area contributed by atoms with Gasteiger partial charge in [0.2, 0.25) is 24.1 Å². The minimum Gasteiger partial charge on any atom is -0.495 e. The van der Waals surface area contributed by atoms with Gasteiger partial charge < -0.3 is 43.4 Å². The van der Waals surface area contributed by atoms with Gasteiger partial charge in [-0.15, -0.1) is 5.06 Å². The van der Waals surface area contributed by atoms with E-state index in [2.05, 4.69) is 5.32 Å². The first-order chi connectivity index (χ1) is 35.4. The number of methoxy groups -OCH3 is 2. The number of anilines is 1. The molecular formula is C52H70ClN5O16S. The molecule has 0 aromatic heterocycles. The molecule has 1 aromatic rings. The van der Waals surface area contributed by atoms with Crippen LogP contribution < -0.4 is 15.0 Å². The molecule has 5 aliphatic rings. The summed E-state index contributed by atoms with van der Waals surface area (Å²) in [5, 5.41) is 15.2. The molecule has 412 valence electrons. The molecule has 6 rings (SSSR count). The van der Waals surface area contributed by atoms with Crippen LogP contribution in [0.5, 0.6) is 5.75 Å². The Balaban J connectivity index is 0.916. The van der Waals surface area contributed by atoms with E-state index in [1.54, 1.807) is 52.1 Å². The van der Waals surface area contributed by atoms with Gasteiger partial charge >= 0.3 is 18.0 Å². The predicted octanol–water partition coefficient (Wildman–Crippen LogP) is 4.67. The summed E-state index contributed by atoms with van der Waals surface area (Å²) in [6.07, 6.45) is 4.44. The highest BCUT2D eigenvalue weighted by atomic mass is 35.5. The average molecular weight is 1090 g/mol. The first-order valence-corrected chi connectivity index (χ1v) is 26.7. The lowest BCUT2D eigenvalue weighted by molar-refractivity contribution is -0.201. The fraction of sp³-hybridized carbons (Fsp3) is 0.635. The van der Waals surface area contributed by atoms with Crippen LogP contribution in [-0.4, -0.2) is 162 Å². The highest BCUT2D eigenvalue weighted by Crippen LogP contribution is 2.48. The van der Waals surface area contributed by atoms with E-state index in [4.69, 9.17) is 40.1 Å². The van der Waals surface area contributed by atoms with Gasteiger partial charge in [0.1, 0.15) is 40.7 Å². The molecule has 1 aromatic carbocycles. The number of benzene rings is 1. The second-order valence-corrected chi connectivity index (χ2v) is 21.9. The van der Waals surface area contributed by atoms with Crippen molar-refractivity contribution in [2.24, 2.45) is 23.7 Å². The molecule has 9 unspecified atom stereocenters. The fourth-order valence-corrected chi connectivity index (χ4v) is 11.4. The van der Waals surface area contributed by atoms with Gasteiger partial charge in [0.15, 0.2) is 5.72 Å². The Kier molecular flexibility index (Phi) is 19.6. The summed E-state index contributed by atoms with van der Waals surface area (Å²) in [7, 11) is 6.00. The number of halogens is 1. The van der Waals surface area contributed by atoms with Crippen molar-refractivity contribution < 1.29 is 76.8 Å². The van der Waals surface area contributed by atoms with Gasteiger partial charge in [0.25, 0.3) is 11.8 Å². The van der Waals surface area contributed by atoms with Crippen LogP contribution >= 0.6 is 23.4 Å². The van der Waals surface area contributed by atoms with E-state index in [-0.39, 0.29) is 62.3 Å². The van der Waals surface area contributed by atoms with Crippen LogP contribution in [0.2, 0.25) is 5.02 Å². The van der Waals surface area contributed by atoms with Gasteiger partial charge in [-0.3, -0.25) is 39.0 Å². The number of epoxide rings is 1. The van der Waals surface area contributed by atoms with E-state index < -0.39 is 89.4 Å². The average Bonchev–Trinajstić information content (AvgIpc) is 3.90. The SMILES string of the molecule is COc1cc(C/C(C)=C/C=C/C(OC)C2(O)CC(C(C)C3OC3(C)C(C)OC(=O)C(C)N(C)C(=O)CCSCC3CC(=O)N(CC4CCC(C(=O)ON5C(=O)CCC5=O)CC4)C3=O)OC(=O)N2)cc(N(C)C=O)c1Cl. The molecule has 1 aliphatic carbocycles. The lowest BCUT2D eigenvalue weighted by Crippen LogP contribution is -2.63. The molecular weight excluding hydrogens is 1020 g/mol. The zero-order chi connectivity index (χ0) is 55.1. The van der Waals surface area contributed by atoms with Crippen molar-refractivity contribution in [2.75, 3.05) is 51.3 Å². The number of rotatable bonds is 24. The van der Waals surface area contributed by atoms with Gasteiger partial charge in [-0.1, -0.05) is 42.3 Å². The largest absolute Gasteiger partial charge is 0.495 e. The zero-order valence-corrected chi connectivity index (χ0v) is 45.6. The van der Waals surface area contributed by atoms with Crippen LogP contribution in [0.15, 0.2) is 35.9 Å². The second-order valence-electron chi connectivity index (χ2n) is 20.4. The van der Waals surface area contributed by atoms with E-state index in [9.17, 15) is 48.3 Å². The van der Waals surface area contributed by atoms with Crippen molar-refractivity contribution in [3.05, 3.63) is 46.5 Å². The fourth-order valence-electron chi connectivity index (χ4n) is 10.0. The zero-order valence-electron chi connectivity index (χ0n) is 44.0. The maximum atomic E-state index is 13.4. The number of hydrogen-bond donors (Lipinski definition) is 2. The summed E-state index contributed by atoms with van der Waals surface area (Å²) in [5.74, 6) is -3.58. The second kappa shape index (κ2) is 25.1. The Morgan fingerprint density at radius 3 is 2.35 bits per heavy atom. The molecule has 2 N–H and O–H groups in total. The topological polar surface area (TPSA) is 258 Å². The Morgan fingerprint density at radius 1 is 1.03 bits per heavy atom. The van der Waals surface area contributed by atoms with E-state index in [1.807, 2.05) is 19.9 Å². The summed E-state index contributed by atoms with van der Waals surface area (Å²) < 4.78 is 28.7. The number of carbonyl (C=O) groups is 9. The third kappa shape index (κ3) is 13.9. The molecule has 1 saturated carbocycles. The summed E-state index contributed by atoms with van der Waals surface area (Å²) in [5.41, 5.74) is -0.590. The highest BCUT2D eigenvalue weighted by Gasteiger charge is 2.63. The third-order valence-electron chi connectivity index (χ3n) is 15.1. The van der Waals surface area contributed by atoms with Crippen molar-refractivity contribution in [2.45, 2.75) is 141 Å². The Morgan fingerprint density at radius 2 is 1.71 bits per heavy atom.